The summed E-state index contributed by atoms with van der Waals surface area (Å²) in [5, 5.41) is 12.8. The van der Waals surface area contributed by atoms with Crippen LogP contribution in [0.15, 0.2) is 0 Å². The van der Waals surface area contributed by atoms with Crippen LogP contribution in [0.3, 0.4) is 0 Å². The van der Waals surface area contributed by atoms with Gasteiger partial charge in [-0.15, -0.1) is 0 Å². The van der Waals surface area contributed by atoms with Gasteiger partial charge in [0.2, 0.25) is 0 Å². The number of esters is 1. The van der Waals surface area contributed by atoms with Crippen LogP contribution in [0.2, 0.25) is 0 Å². The first kappa shape index (κ1) is 16.1. The van der Waals surface area contributed by atoms with Crippen LogP contribution < -0.4 is 5.32 Å². The zero-order valence-electron chi connectivity index (χ0n) is 11.3. The molecule has 0 unspecified atom stereocenters. The van der Waals surface area contributed by atoms with Gasteiger partial charge in [0.1, 0.15) is 0 Å². The Bertz CT molecular complexity index is 312. The fourth-order valence-corrected chi connectivity index (χ4v) is 3.45. The minimum atomic E-state index is -0.567. The number of aliphatic hydroxyl groups excluding tert-OH is 1. The highest BCUT2D eigenvalue weighted by Crippen LogP contribution is 2.31. The molecule has 1 heterocycles. The molecule has 0 bridgehead atoms. The van der Waals surface area contributed by atoms with Crippen LogP contribution in [0.25, 0.3) is 0 Å². The Morgan fingerprint density at radius 3 is 2.68 bits per heavy atom. The highest BCUT2D eigenvalue weighted by atomic mass is 32.2. The second-order valence-corrected chi connectivity index (χ2v) is 5.70. The highest BCUT2D eigenvalue weighted by Gasteiger charge is 2.35. The van der Waals surface area contributed by atoms with Crippen LogP contribution in [-0.2, 0) is 14.3 Å². The van der Waals surface area contributed by atoms with Crippen molar-refractivity contribution in [3.8, 4) is 0 Å². The third kappa shape index (κ3) is 5.28. The lowest BCUT2D eigenvalue weighted by molar-refractivity contribution is -0.140. The van der Waals surface area contributed by atoms with Crippen molar-refractivity contribution in [2.45, 2.75) is 43.1 Å². The molecule has 0 saturated carbocycles. The van der Waals surface area contributed by atoms with Gasteiger partial charge in [-0.25, -0.2) is 4.79 Å². The summed E-state index contributed by atoms with van der Waals surface area (Å²) in [5.41, 5.74) is 0. The molecule has 0 aromatic carbocycles. The maximum atomic E-state index is 11.1. The van der Waals surface area contributed by atoms with E-state index in [4.69, 9.17) is 0 Å². The molecule has 0 aromatic rings. The van der Waals surface area contributed by atoms with Gasteiger partial charge in [-0.1, -0.05) is 6.42 Å². The first-order valence-electron chi connectivity index (χ1n) is 6.29. The van der Waals surface area contributed by atoms with E-state index in [0.29, 0.717) is 12.2 Å². The number of aliphatic hydroxyl groups is 1. The number of amides is 1. The Kier molecular flexibility index (Phi) is 7.01. The second kappa shape index (κ2) is 8.27. The molecule has 0 aliphatic carbocycles. The fraction of sp³-hybridized carbons (Fsp3) is 0.833. The van der Waals surface area contributed by atoms with Gasteiger partial charge >= 0.3 is 12.1 Å². The van der Waals surface area contributed by atoms with Gasteiger partial charge in [0, 0.05) is 17.4 Å². The maximum absolute atomic E-state index is 11.1. The lowest BCUT2D eigenvalue weighted by Gasteiger charge is -2.18. The monoisotopic (exact) mass is 291 g/mol. The highest BCUT2D eigenvalue weighted by molar-refractivity contribution is 8.00. The van der Waals surface area contributed by atoms with Gasteiger partial charge < -0.3 is 19.9 Å². The van der Waals surface area contributed by atoms with E-state index >= 15 is 0 Å². The SMILES string of the molecule is COC(=O)CCCC[C@@H]1SC[C@H](NC(=O)OC)[C@H]1O. The summed E-state index contributed by atoms with van der Waals surface area (Å²) in [4.78, 5) is 22.0. The number of hydrogen-bond donors (Lipinski definition) is 2. The zero-order chi connectivity index (χ0) is 14.3. The third-order valence-corrected chi connectivity index (χ3v) is 4.61. The number of hydrogen-bond acceptors (Lipinski definition) is 6. The molecule has 2 N–H and O–H groups in total. The summed E-state index contributed by atoms with van der Waals surface area (Å²) in [6.45, 7) is 0. The molecule has 1 fully saturated rings. The third-order valence-electron chi connectivity index (χ3n) is 3.12. The van der Waals surface area contributed by atoms with E-state index < -0.39 is 12.2 Å². The lowest BCUT2D eigenvalue weighted by atomic mass is 10.0. The summed E-state index contributed by atoms with van der Waals surface area (Å²) in [5.74, 6) is 0.475. The number of carbonyl (C=O) groups excluding carboxylic acids is 2. The summed E-state index contributed by atoms with van der Waals surface area (Å²) in [6, 6.07) is -0.261. The predicted molar refractivity (Wildman–Crippen MR) is 72.1 cm³/mol. The van der Waals surface area contributed by atoms with Gasteiger partial charge in [-0.05, 0) is 12.8 Å². The van der Waals surface area contributed by atoms with Gasteiger partial charge in [0.15, 0.2) is 0 Å². The normalized spacial score (nSPS) is 25.9. The molecule has 0 spiro atoms. The van der Waals surface area contributed by atoms with Crippen molar-refractivity contribution in [1.29, 1.82) is 0 Å². The van der Waals surface area contributed by atoms with Crippen molar-refractivity contribution in [3.63, 3.8) is 0 Å². The summed E-state index contributed by atoms with van der Waals surface area (Å²) >= 11 is 1.64. The molecule has 1 amide bonds. The number of ether oxygens (including phenoxy) is 2. The molecule has 110 valence electrons. The van der Waals surface area contributed by atoms with Crippen LogP contribution in [0.1, 0.15) is 25.7 Å². The predicted octanol–water partition coefficient (Wildman–Crippen LogP) is 0.921. The molecule has 1 rings (SSSR count). The van der Waals surface area contributed by atoms with Crippen molar-refractivity contribution in [2.24, 2.45) is 0 Å². The van der Waals surface area contributed by atoms with Gasteiger partial charge in [0.05, 0.1) is 26.4 Å². The first-order valence-corrected chi connectivity index (χ1v) is 7.34. The van der Waals surface area contributed by atoms with Crippen molar-refractivity contribution in [1.82, 2.24) is 5.32 Å². The topological polar surface area (TPSA) is 84.9 Å². The molecule has 7 heteroatoms. The smallest absolute Gasteiger partial charge is 0.407 e. The molecule has 6 nitrogen and oxygen atoms in total. The van der Waals surface area contributed by atoms with E-state index in [-0.39, 0.29) is 17.3 Å². The number of rotatable bonds is 6. The maximum Gasteiger partial charge on any atom is 0.407 e. The molecular weight excluding hydrogens is 270 g/mol. The minimum Gasteiger partial charge on any atom is -0.469 e. The van der Waals surface area contributed by atoms with Gasteiger partial charge in [-0.3, -0.25) is 4.79 Å². The largest absolute Gasteiger partial charge is 0.469 e. The number of alkyl carbamates (subject to hydrolysis) is 1. The Balaban J connectivity index is 2.22. The number of methoxy groups -OCH3 is 2. The van der Waals surface area contributed by atoms with E-state index in [1.165, 1.54) is 14.2 Å². The quantitative estimate of drug-likeness (QED) is 0.559. The number of nitrogens with one attached hydrogen (secondary N) is 1. The average Bonchev–Trinajstić information content (AvgIpc) is 2.75. The number of unbranched alkanes of at least 4 members (excludes halogenated alkanes) is 1. The van der Waals surface area contributed by atoms with E-state index in [2.05, 4.69) is 14.8 Å². The molecular formula is C12H21NO5S. The van der Waals surface area contributed by atoms with E-state index in [0.717, 1.165) is 19.3 Å². The van der Waals surface area contributed by atoms with E-state index in [9.17, 15) is 14.7 Å². The van der Waals surface area contributed by atoms with E-state index in [1.807, 2.05) is 0 Å². The standard InChI is InChI=1S/C12H21NO5S/c1-17-10(14)6-4-3-5-9-11(15)8(7-19-9)13-12(16)18-2/h8-9,11,15H,3-7H2,1-2H3,(H,13,16)/t8-,9-,11+/m0/s1. The van der Waals surface area contributed by atoms with E-state index in [1.54, 1.807) is 11.8 Å². The van der Waals surface area contributed by atoms with Crippen molar-refractivity contribution in [2.75, 3.05) is 20.0 Å². The van der Waals surface area contributed by atoms with Gasteiger partial charge in [0.25, 0.3) is 0 Å². The van der Waals surface area contributed by atoms with Crippen LogP contribution >= 0.6 is 11.8 Å². The summed E-state index contributed by atoms with van der Waals surface area (Å²) in [7, 11) is 2.68. The first-order chi connectivity index (χ1) is 9.08. The van der Waals surface area contributed by atoms with Crippen LogP contribution in [0, 0.1) is 0 Å². The molecule has 3 atom stereocenters. The lowest BCUT2D eigenvalue weighted by Crippen LogP contribution is -2.44. The zero-order valence-corrected chi connectivity index (χ0v) is 12.1. The Hall–Kier alpha value is -0.950. The summed E-state index contributed by atoms with van der Waals surface area (Å²) < 4.78 is 9.07. The average molecular weight is 291 g/mol. The molecule has 19 heavy (non-hydrogen) atoms. The molecule has 1 aliphatic rings. The Morgan fingerprint density at radius 1 is 1.32 bits per heavy atom. The summed E-state index contributed by atoms with van der Waals surface area (Å²) in [6.07, 6.45) is 1.76. The Morgan fingerprint density at radius 2 is 2.05 bits per heavy atom. The fourth-order valence-electron chi connectivity index (χ4n) is 1.99. The molecule has 1 aliphatic heterocycles. The van der Waals surface area contributed by atoms with Crippen molar-refractivity contribution >= 4 is 23.8 Å². The van der Waals surface area contributed by atoms with Crippen LogP contribution in [0.4, 0.5) is 4.79 Å². The molecule has 0 radical (unpaired) electrons. The minimum absolute atomic E-state index is 0.0970. The van der Waals surface area contributed by atoms with Crippen molar-refractivity contribution < 1.29 is 24.2 Å². The number of carbonyl (C=O) groups is 2. The van der Waals surface area contributed by atoms with Crippen molar-refractivity contribution in [3.05, 3.63) is 0 Å². The molecule has 1 saturated heterocycles. The van der Waals surface area contributed by atoms with Crippen LogP contribution in [0.5, 0.6) is 0 Å². The second-order valence-electron chi connectivity index (χ2n) is 4.43. The number of thioether (sulfide) groups is 1. The van der Waals surface area contributed by atoms with Crippen LogP contribution in [-0.4, -0.2) is 54.5 Å². The molecule has 0 aromatic heterocycles. The van der Waals surface area contributed by atoms with Gasteiger partial charge in [-0.2, -0.15) is 11.8 Å². The Labute approximate surface area is 117 Å².